The van der Waals surface area contributed by atoms with Gasteiger partial charge in [-0.15, -0.1) is 0 Å². The molecule has 3 heterocycles. The maximum atomic E-state index is 15.2. The van der Waals surface area contributed by atoms with Gasteiger partial charge in [0.05, 0.1) is 5.69 Å². The second-order valence-corrected chi connectivity index (χ2v) is 7.41. The zero-order valence-electron chi connectivity index (χ0n) is 18.9. The Labute approximate surface area is 193 Å². The molecule has 0 aliphatic carbocycles. The van der Waals surface area contributed by atoms with Crippen LogP contribution in [0.4, 0.5) is 4.39 Å². The quantitative estimate of drug-likeness (QED) is 0.346. The Morgan fingerprint density at radius 2 is 2.03 bits per heavy atom. The fourth-order valence-corrected chi connectivity index (χ4v) is 3.25. The van der Waals surface area contributed by atoms with Crippen LogP contribution in [0.25, 0.3) is 11.3 Å². The molecule has 8 heteroatoms. The van der Waals surface area contributed by atoms with Crippen molar-refractivity contribution in [2.75, 3.05) is 13.6 Å². The van der Waals surface area contributed by atoms with Gasteiger partial charge in [-0.1, -0.05) is 12.1 Å². The molecule has 0 aliphatic rings. The number of likely N-dealkylation sites (N-methyl/N-ethyl adjacent to an activating group) is 1. The number of pyridine rings is 3. The summed E-state index contributed by atoms with van der Waals surface area (Å²) >= 11 is 0. The van der Waals surface area contributed by atoms with Crippen LogP contribution in [0.3, 0.4) is 0 Å². The first kappa shape index (κ1) is 23.9. The first-order chi connectivity index (χ1) is 16.1. The van der Waals surface area contributed by atoms with Gasteiger partial charge < -0.3 is 10.6 Å². The maximum Gasteiger partial charge on any atom is 0.160 e. The lowest BCUT2D eigenvalue weighted by Gasteiger charge is -2.11. The molecule has 0 unspecified atom stereocenters. The van der Waals surface area contributed by atoms with Crippen LogP contribution in [0.5, 0.6) is 0 Å². The number of rotatable bonds is 11. The average molecular weight is 446 g/mol. The standard InChI is InChI=1S/C25H28FN7/c1-18-13-21(8-12-29-18)23-7-6-19(15-31-23)16-32-25(33-17-28-3)22(26)14-20-5-4-10-30-24(20)9-11-27-2/h4-8,10,12-13,15,17,27,32H,3,9,11,14,16H2,1-2H3/b25-22+,33-17-. The summed E-state index contributed by atoms with van der Waals surface area (Å²) in [6.07, 6.45) is 7.27. The summed E-state index contributed by atoms with van der Waals surface area (Å²) in [4.78, 5) is 20.8. The van der Waals surface area contributed by atoms with Crippen LogP contribution in [0.15, 0.2) is 76.6 Å². The van der Waals surface area contributed by atoms with E-state index in [0.717, 1.165) is 46.7 Å². The molecule has 0 aromatic carbocycles. The van der Waals surface area contributed by atoms with Crippen molar-refractivity contribution in [1.29, 1.82) is 0 Å². The predicted molar refractivity (Wildman–Crippen MR) is 131 cm³/mol. The van der Waals surface area contributed by atoms with Gasteiger partial charge in [0.2, 0.25) is 0 Å². The number of hydrogen-bond donors (Lipinski definition) is 2. The zero-order chi connectivity index (χ0) is 23.5. The lowest BCUT2D eigenvalue weighted by molar-refractivity contribution is 0.574. The average Bonchev–Trinajstić information content (AvgIpc) is 2.84. The lowest BCUT2D eigenvalue weighted by atomic mass is 10.1. The van der Waals surface area contributed by atoms with E-state index in [1.807, 2.05) is 50.4 Å². The van der Waals surface area contributed by atoms with Gasteiger partial charge >= 0.3 is 0 Å². The molecule has 0 spiro atoms. The number of aromatic nitrogens is 3. The summed E-state index contributed by atoms with van der Waals surface area (Å²) in [5.41, 5.74) is 5.37. The second-order valence-electron chi connectivity index (χ2n) is 7.41. The van der Waals surface area contributed by atoms with E-state index in [4.69, 9.17) is 0 Å². The molecule has 0 saturated heterocycles. The Morgan fingerprint density at radius 3 is 2.76 bits per heavy atom. The van der Waals surface area contributed by atoms with Crippen molar-refractivity contribution >= 4 is 13.1 Å². The summed E-state index contributed by atoms with van der Waals surface area (Å²) < 4.78 is 15.2. The Morgan fingerprint density at radius 1 is 1.15 bits per heavy atom. The first-order valence-corrected chi connectivity index (χ1v) is 10.7. The van der Waals surface area contributed by atoms with E-state index in [1.165, 1.54) is 6.34 Å². The van der Waals surface area contributed by atoms with E-state index in [9.17, 15) is 0 Å². The van der Waals surface area contributed by atoms with E-state index in [-0.39, 0.29) is 12.2 Å². The highest BCUT2D eigenvalue weighted by Crippen LogP contribution is 2.19. The smallest absolute Gasteiger partial charge is 0.160 e. The van der Waals surface area contributed by atoms with Gasteiger partial charge in [0.1, 0.15) is 12.2 Å². The molecular formula is C25H28FN7. The summed E-state index contributed by atoms with van der Waals surface area (Å²) in [5.74, 6) is -0.287. The van der Waals surface area contributed by atoms with Gasteiger partial charge in [-0.2, -0.15) is 0 Å². The minimum absolute atomic E-state index is 0.0856. The van der Waals surface area contributed by atoms with Crippen molar-refractivity contribution in [3.05, 3.63) is 89.2 Å². The first-order valence-electron chi connectivity index (χ1n) is 10.7. The number of allylic oxidation sites excluding steroid dienone is 1. The van der Waals surface area contributed by atoms with Crippen LogP contribution >= 0.6 is 0 Å². The molecule has 33 heavy (non-hydrogen) atoms. The molecule has 0 atom stereocenters. The SMILES string of the molecule is C=N/C=N\C(NCc1ccc(-c2ccnc(C)c2)nc1)=C(\F)Cc1cccnc1CCNC. The minimum Gasteiger partial charge on any atom is -0.364 e. The Hall–Kier alpha value is -3.78. The van der Waals surface area contributed by atoms with Gasteiger partial charge in [0.25, 0.3) is 0 Å². The predicted octanol–water partition coefficient (Wildman–Crippen LogP) is 3.81. The van der Waals surface area contributed by atoms with Crippen LogP contribution in [0, 0.1) is 6.92 Å². The van der Waals surface area contributed by atoms with Crippen LogP contribution in [-0.2, 0) is 19.4 Å². The van der Waals surface area contributed by atoms with Crippen LogP contribution in [-0.4, -0.2) is 41.6 Å². The molecule has 0 bridgehead atoms. The fraction of sp³-hybridized carbons (Fsp3) is 0.240. The summed E-state index contributed by atoms with van der Waals surface area (Å²) in [6, 6.07) is 11.5. The molecule has 0 amide bonds. The molecule has 0 fully saturated rings. The largest absolute Gasteiger partial charge is 0.364 e. The van der Waals surface area contributed by atoms with Gasteiger partial charge in [0.15, 0.2) is 5.82 Å². The number of nitrogens with zero attached hydrogens (tertiary/aromatic N) is 5. The van der Waals surface area contributed by atoms with Crippen molar-refractivity contribution in [3.63, 3.8) is 0 Å². The topological polar surface area (TPSA) is 87.5 Å². The van der Waals surface area contributed by atoms with Gasteiger partial charge in [-0.05, 0) is 56.1 Å². The van der Waals surface area contributed by atoms with E-state index in [2.05, 4.69) is 42.3 Å². The van der Waals surface area contributed by atoms with Crippen LogP contribution in [0.1, 0.15) is 22.5 Å². The second kappa shape index (κ2) is 12.3. The Balaban J connectivity index is 1.73. The van der Waals surface area contributed by atoms with E-state index in [0.29, 0.717) is 6.54 Å². The fourth-order valence-electron chi connectivity index (χ4n) is 3.25. The molecule has 0 aliphatic heterocycles. The van der Waals surface area contributed by atoms with E-state index >= 15 is 4.39 Å². The van der Waals surface area contributed by atoms with E-state index in [1.54, 1.807) is 18.6 Å². The molecule has 3 rings (SSSR count). The molecule has 0 saturated carbocycles. The lowest BCUT2D eigenvalue weighted by Crippen LogP contribution is -2.15. The molecule has 3 aromatic rings. The van der Waals surface area contributed by atoms with Crippen molar-refractivity contribution in [1.82, 2.24) is 25.6 Å². The van der Waals surface area contributed by atoms with Crippen molar-refractivity contribution in [2.24, 2.45) is 9.98 Å². The van der Waals surface area contributed by atoms with Crippen LogP contribution < -0.4 is 10.6 Å². The zero-order valence-corrected chi connectivity index (χ0v) is 18.9. The molecule has 7 nitrogen and oxygen atoms in total. The Kier molecular flexibility index (Phi) is 8.90. The third-order valence-electron chi connectivity index (χ3n) is 4.94. The summed E-state index contributed by atoms with van der Waals surface area (Å²) in [5, 5.41) is 6.15. The highest BCUT2D eigenvalue weighted by Gasteiger charge is 2.11. The van der Waals surface area contributed by atoms with Crippen molar-refractivity contribution in [2.45, 2.75) is 26.3 Å². The highest BCUT2D eigenvalue weighted by molar-refractivity contribution is 5.63. The third-order valence-corrected chi connectivity index (χ3v) is 4.94. The third kappa shape index (κ3) is 7.11. The molecular weight excluding hydrogens is 417 g/mol. The number of nitrogens with one attached hydrogen (secondary N) is 2. The number of hydrogen-bond acceptors (Lipinski definition) is 6. The summed E-state index contributed by atoms with van der Waals surface area (Å²) in [7, 11) is 1.88. The number of aryl methyl sites for hydroxylation is 1. The maximum absolute atomic E-state index is 15.2. The van der Waals surface area contributed by atoms with Gasteiger partial charge in [-0.25, -0.2) is 9.38 Å². The molecule has 170 valence electrons. The monoisotopic (exact) mass is 445 g/mol. The van der Waals surface area contributed by atoms with Crippen LogP contribution in [0.2, 0.25) is 0 Å². The minimum atomic E-state index is -0.398. The molecule has 0 radical (unpaired) electrons. The molecule has 2 N–H and O–H groups in total. The van der Waals surface area contributed by atoms with Crippen molar-refractivity contribution in [3.8, 4) is 11.3 Å². The normalized spacial score (nSPS) is 12.0. The number of aliphatic imine (C=N–C) groups is 2. The van der Waals surface area contributed by atoms with Crippen molar-refractivity contribution < 1.29 is 4.39 Å². The van der Waals surface area contributed by atoms with E-state index < -0.39 is 5.83 Å². The number of halogens is 1. The van der Waals surface area contributed by atoms with Gasteiger partial charge in [0, 0.05) is 61.5 Å². The summed E-state index contributed by atoms with van der Waals surface area (Å²) in [6.45, 7) is 6.45. The molecule has 3 aromatic heterocycles. The van der Waals surface area contributed by atoms with Gasteiger partial charge in [-0.3, -0.25) is 19.9 Å². The Bertz CT molecular complexity index is 1120. The highest BCUT2D eigenvalue weighted by atomic mass is 19.1.